The molecule has 3 aliphatic carbocycles. The highest BCUT2D eigenvalue weighted by Crippen LogP contribution is 2.50. The minimum absolute atomic E-state index is 0.0156. The fourth-order valence-electron chi connectivity index (χ4n) is 4.90. The summed E-state index contributed by atoms with van der Waals surface area (Å²) in [5.41, 5.74) is 0. The van der Waals surface area contributed by atoms with Crippen LogP contribution in [0.3, 0.4) is 0 Å². The summed E-state index contributed by atoms with van der Waals surface area (Å²) in [5, 5.41) is 10.4. The first-order valence-electron chi connectivity index (χ1n) is 7.42. The van der Waals surface area contributed by atoms with Crippen molar-refractivity contribution in [1.29, 1.82) is 0 Å². The van der Waals surface area contributed by atoms with Crippen molar-refractivity contribution >= 4 is 0 Å². The molecule has 0 aliphatic heterocycles. The second-order valence-electron chi connectivity index (χ2n) is 6.81. The SMILES string of the molecule is CC1CCCC1C(O)CC1CC2CCC1C2. The standard InChI is InChI=1S/C15H26O/c1-10-3-2-4-14(10)15(16)9-13-8-11-5-6-12(13)7-11/h10-16H,2-9H2,1H3. The van der Waals surface area contributed by atoms with E-state index in [2.05, 4.69) is 6.92 Å². The van der Waals surface area contributed by atoms with Gasteiger partial charge in [-0.1, -0.05) is 26.2 Å². The first kappa shape index (κ1) is 11.1. The summed E-state index contributed by atoms with van der Waals surface area (Å²) in [6.07, 6.45) is 11.0. The number of rotatable bonds is 3. The maximum Gasteiger partial charge on any atom is 0.0573 e. The van der Waals surface area contributed by atoms with Crippen LogP contribution in [-0.2, 0) is 0 Å². The molecular formula is C15H26O. The van der Waals surface area contributed by atoms with Crippen LogP contribution in [0.5, 0.6) is 0 Å². The molecule has 0 amide bonds. The number of fused-ring (bicyclic) bond motifs is 2. The summed E-state index contributed by atoms with van der Waals surface area (Å²) in [5.74, 6) is 4.29. The van der Waals surface area contributed by atoms with Gasteiger partial charge in [0.25, 0.3) is 0 Å². The van der Waals surface area contributed by atoms with Crippen LogP contribution in [0.25, 0.3) is 0 Å². The smallest absolute Gasteiger partial charge is 0.0573 e. The van der Waals surface area contributed by atoms with Gasteiger partial charge < -0.3 is 5.11 Å². The zero-order valence-electron chi connectivity index (χ0n) is 10.6. The van der Waals surface area contributed by atoms with Crippen LogP contribution < -0.4 is 0 Å². The van der Waals surface area contributed by atoms with Crippen LogP contribution >= 0.6 is 0 Å². The van der Waals surface area contributed by atoms with Gasteiger partial charge in [-0.15, -0.1) is 0 Å². The number of hydrogen-bond acceptors (Lipinski definition) is 1. The van der Waals surface area contributed by atoms with Gasteiger partial charge >= 0.3 is 0 Å². The van der Waals surface area contributed by atoms with Crippen LogP contribution in [0.1, 0.15) is 58.3 Å². The van der Waals surface area contributed by atoms with Gasteiger partial charge in [-0.2, -0.15) is 0 Å². The molecule has 0 aromatic heterocycles. The maximum atomic E-state index is 10.4. The van der Waals surface area contributed by atoms with Crippen molar-refractivity contribution in [3.05, 3.63) is 0 Å². The molecule has 3 saturated carbocycles. The lowest BCUT2D eigenvalue weighted by molar-refractivity contribution is 0.0565. The Kier molecular flexibility index (Phi) is 2.99. The van der Waals surface area contributed by atoms with E-state index in [4.69, 9.17) is 0 Å². The van der Waals surface area contributed by atoms with Gasteiger partial charge in [0.05, 0.1) is 6.10 Å². The van der Waals surface area contributed by atoms with Gasteiger partial charge in [0.1, 0.15) is 0 Å². The Morgan fingerprint density at radius 2 is 2.00 bits per heavy atom. The highest BCUT2D eigenvalue weighted by atomic mass is 16.3. The molecule has 16 heavy (non-hydrogen) atoms. The lowest BCUT2D eigenvalue weighted by Crippen LogP contribution is -2.27. The molecule has 1 heteroatoms. The molecule has 0 spiro atoms. The Morgan fingerprint density at radius 1 is 1.12 bits per heavy atom. The van der Waals surface area contributed by atoms with Gasteiger partial charge in [-0.25, -0.2) is 0 Å². The van der Waals surface area contributed by atoms with E-state index in [0.717, 1.165) is 30.1 Å². The Hall–Kier alpha value is -0.0400. The first-order valence-corrected chi connectivity index (χ1v) is 7.42. The highest BCUT2D eigenvalue weighted by Gasteiger charge is 2.41. The second kappa shape index (κ2) is 4.33. The van der Waals surface area contributed by atoms with E-state index in [-0.39, 0.29) is 6.10 Å². The van der Waals surface area contributed by atoms with E-state index >= 15 is 0 Å². The van der Waals surface area contributed by atoms with Crippen molar-refractivity contribution in [2.24, 2.45) is 29.6 Å². The van der Waals surface area contributed by atoms with E-state index in [1.807, 2.05) is 0 Å². The zero-order valence-corrected chi connectivity index (χ0v) is 10.6. The van der Waals surface area contributed by atoms with Gasteiger partial charge in [-0.3, -0.25) is 0 Å². The van der Waals surface area contributed by atoms with Crippen molar-refractivity contribution in [2.75, 3.05) is 0 Å². The number of hydrogen-bond donors (Lipinski definition) is 1. The van der Waals surface area contributed by atoms with E-state index < -0.39 is 0 Å². The van der Waals surface area contributed by atoms with Crippen molar-refractivity contribution in [3.8, 4) is 0 Å². The molecule has 3 rings (SSSR count). The topological polar surface area (TPSA) is 20.2 Å². The molecule has 1 N–H and O–H groups in total. The molecule has 0 aromatic rings. The quantitative estimate of drug-likeness (QED) is 0.773. The van der Waals surface area contributed by atoms with Crippen molar-refractivity contribution in [3.63, 3.8) is 0 Å². The molecule has 0 saturated heterocycles. The summed E-state index contributed by atoms with van der Waals surface area (Å²) >= 11 is 0. The summed E-state index contributed by atoms with van der Waals surface area (Å²) < 4.78 is 0. The average Bonchev–Trinajstić information content (AvgIpc) is 2.92. The number of aliphatic hydroxyl groups excluding tert-OH is 1. The molecule has 0 aromatic carbocycles. The Bertz CT molecular complexity index is 250. The Labute approximate surface area is 99.6 Å². The lowest BCUT2D eigenvalue weighted by Gasteiger charge is -2.28. The summed E-state index contributed by atoms with van der Waals surface area (Å²) in [6, 6.07) is 0. The van der Waals surface area contributed by atoms with E-state index in [1.165, 1.54) is 44.9 Å². The molecular weight excluding hydrogens is 196 g/mol. The van der Waals surface area contributed by atoms with E-state index in [9.17, 15) is 5.11 Å². The second-order valence-corrected chi connectivity index (χ2v) is 6.81. The van der Waals surface area contributed by atoms with Crippen LogP contribution in [-0.4, -0.2) is 11.2 Å². The third kappa shape index (κ3) is 1.92. The third-order valence-corrected chi connectivity index (χ3v) is 5.85. The van der Waals surface area contributed by atoms with E-state index in [1.54, 1.807) is 0 Å². The maximum absolute atomic E-state index is 10.4. The van der Waals surface area contributed by atoms with Crippen LogP contribution in [0.15, 0.2) is 0 Å². The molecule has 0 radical (unpaired) electrons. The predicted octanol–water partition coefficient (Wildman–Crippen LogP) is 3.61. The third-order valence-electron chi connectivity index (χ3n) is 5.85. The minimum atomic E-state index is 0.0156. The highest BCUT2D eigenvalue weighted by molar-refractivity contribution is 4.92. The molecule has 3 aliphatic rings. The van der Waals surface area contributed by atoms with E-state index in [0.29, 0.717) is 5.92 Å². The minimum Gasteiger partial charge on any atom is -0.393 e. The molecule has 3 fully saturated rings. The Balaban J connectivity index is 1.54. The van der Waals surface area contributed by atoms with Gasteiger partial charge in [0.2, 0.25) is 0 Å². The fourth-order valence-corrected chi connectivity index (χ4v) is 4.90. The fraction of sp³-hybridized carbons (Fsp3) is 1.00. The van der Waals surface area contributed by atoms with Crippen LogP contribution in [0, 0.1) is 29.6 Å². The summed E-state index contributed by atoms with van der Waals surface area (Å²) in [7, 11) is 0. The number of aliphatic hydroxyl groups is 1. The lowest BCUT2D eigenvalue weighted by atomic mass is 9.80. The largest absolute Gasteiger partial charge is 0.393 e. The molecule has 6 unspecified atom stereocenters. The molecule has 0 heterocycles. The van der Waals surface area contributed by atoms with Crippen molar-refractivity contribution in [2.45, 2.75) is 64.4 Å². The molecule has 1 nitrogen and oxygen atoms in total. The van der Waals surface area contributed by atoms with Gasteiger partial charge in [0, 0.05) is 0 Å². The zero-order chi connectivity index (χ0) is 11.1. The summed E-state index contributed by atoms with van der Waals surface area (Å²) in [6.45, 7) is 2.34. The molecule has 6 atom stereocenters. The van der Waals surface area contributed by atoms with Crippen molar-refractivity contribution < 1.29 is 5.11 Å². The van der Waals surface area contributed by atoms with Crippen LogP contribution in [0.4, 0.5) is 0 Å². The van der Waals surface area contributed by atoms with Crippen LogP contribution in [0.2, 0.25) is 0 Å². The normalized spacial score (nSPS) is 48.8. The van der Waals surface area contributed by atoms with Gasteiger partial charge in [0.15, 0.2) is 0 Å². The summed E-state index contributed by atoms with van der Waals surface area (Å²) in [4.78, 5) is 0. The Morgan fingerprint density at radius 3 is 2.56 bits per heavy atom. The average molecular weight is 222 g/mol. The predicted molar refractivity (Wildman–Crippen MR) is 66.1 cm³/mol. The molecule has 2 bridgehead atoms. The van der Waals surface area contributed by atoms with Crippen molar-refractivity contribution in [1.82, 2.24) is 0 Å². The monoisotopic (exact) mass is 222 g/mol. The molecule has 92 valence electrons. The van der Waals surface area contributed by atoms with Gasteiger partial charge in [-0.05, 0) is 61.7 Å². The first-order chi connectivity index (χ1) is 7.74.